The van der Waals surface area contributed by atoms with Crippen LogP contribution in [0.25, 0.3) is 22.1 Å². The van der Waals surface area contributed by atoms with Gasteiger partial charge in [0.25, 0.3) is 0 Å². The molecular weight excluding hydrogens is 362 g/mol. The lowest BCUT2D eigenvalue weighted by Crippen LogP contribution is -2.18. The van der Waals surface area contributed by atoms with E-state index < -0.39 is 0 Å². The number of rotatable bonds is 4. The summed E-state index contributed by atoms with van der Waals surface area (Å²) in [5.41, 5.74) is 2.30. The molecule has 3 aromatic rings. The summed E-state index contributed by atoms with van der Waals surface area (Å²) >= 11 is 5.98. The van der Waals surface area contributed by atoms with Gasteiger partial charge in [0.05, 0.1) is 10.9 Å². The van der Waals surface area contributed by atoms with E-state index in [-0.39, 0.29) is 23.2 Å². The molecule has 0 aliphatic carbocycles. The van der Waals surface area contributed by atoms with E-state index in [2.05, 4.69) is 5.32 Å². The van der Waals surface area contributed by atoms with Gasteiger partial charge in [0.15, 0.2) is 0 Å². The highest BCUT2D eigenvalue weighted by Gasteiger charge is 2.19. The topological polar surface area (TPSA) is 59.3 Å². The lowest BCUT2D eigenvalue weighted by Gasteiger charge is -2.14. The van der Waals surface area contributed by atoms with Crippen molar-refractivity contribution < 1.29 is 9.21 Å². The molecule has 0 saturated heterocycles. The molecule has 3 rings (SSSR count). The molecule has 1 heterocycles. The van der Waals surface area contributed by atoms with Crippen LogP contribution in [0.5, 0.6) is 0 Å². The number of hydrogen-bond acceptors (Lipinski definition) is 3. The average molecular weight is 384 g/mol. The van der Waals surface area contributed by atoms with E-state index in [1.807, 2.05) is 39.8 Å². The third kappa shape index (κ3) is 3.91. The highest BCUT2D eigenvalue weighted by molar-refractivity contribution is 6.30. The Morgan fingerprint density at radius 2 is 1.70 bits per heavy atom. The lowest BCUT2D eigenvalue weighted by molar-refractivity contribution is -0.118. The van der Waals surface area contributed by atoms with Crippen molar-refractivity contribution in [1.29, 1.82) is 0 Å². The standard InChI is InChI=1S/C22H22ClNO3/c1-12(2)21-19(14-5-7-15(23)8-6-14)20(25)17-10-9-16(11-18(17)27-21)24-22(26)13(3)4/h5-13H,1-4H3,(H,24,26). The molecule has 0 spiro atoms. The molecule has 0 fully saturated rings. The molecule has 2 aromatic carbocycles. The fourth-order valence-corrected chi connectivity index (χ4v) is 3.00. The zero-order valence-corrected chi connectivity index (χ0v) is 16.6. The molecule has 1 amide bonds. The van der Waals surface area contributed by atoms with Crippen LogP contribution in [0.1, 0.15) is 39.4 Å². The van der Waals surface area contributed by atoms with Crippen molar-refractivity contribution in [3.05, 3.63) is 63.5 Å². The van der Waals surface area contributed by atoms with Gasteiger partial charge in [-0.1, -0.05) is 51.4 Å². The first-order chi connectivity index (χ1) is 12.8. The van der Waals surface area contributed by atoms with Crippen LogP contribution in [0, 0.1) is 5.92 Å². The molecule has 0 atom stereocenters. The van der Waals surface area contributed by atoms with Crippen LogP contribution in [0.4, 0.5) is 5.69 Å². The minimum absolute atomic E-state index is 0.0155. The van der Waals surface area contributed by atoms with Crippen molar-refractivity contribution in [2.45, 2.75) is 33.6 Å². The summed E-state index contributed by atoms with van der Waals surface area (Å²) in [4.78, 5) is 25.1. The Balaban J connectivity index is 2.19. The molecule has 0 aliphatic rings. The SMILES string of the molecule is CC(C)C(=O)Nc1ccc2c(=O)c(-c3ccc(Cl)cc3)c(C(C)C)oc2c1. The number of amides is 1. The highest BCUT2D eigenvalue weighted by Crippen LogP contribution is 2.31. The van der Waals surface area contributed by atoms with Gasteiger partial charge in [0, 0.05) is 28.6 Å². The van der Waals surface area contributed by atoms with Gasteiger partial charge in [-0.2, -0.15) is 0 Å². The first kappa shape index (κ1) is 19.2. The van der Waals surface area contributed by atoms with Crippen LogP contribution >= 0.6 is 11.6 Å². The summed E-state index contributed by atoms with van der Waals surface area (Å²) in [6.45, 7) is 7.61. The smallest absolute Gasteiger partial charge is 0.226 e. The maximum Gasteiger partial charge on any atom is 0.226 e. The molecule has 140 valence electrons. The molecule has 27 heavy (non-hydrogen) atoms. The van der Waals surface area contributed by atoms with E-state index in [1.54, 1.807) is 30.3 Å². The van der Waals surface area contributed by atoms with Crippen molar-refractivity contribution in [1.82, 2.24) is 0 Å². The largest absolute Gasteiger partial charge is 0.460 e. The van der Waals surface area contributed by atoms with Crippen LogP contribution in [0.3, 0.4) is 0 Å². The molecular formula is C22H22ClNO3. The fraction of sp³-hybridized carbons (Fsp3) is 0.273. The van der Waals surface area contributed by atoms with Gasteiger partial charge in [-0.05, 0) is 29.8 Å². The van der Waals surface area contributed by atoms with Gasteiger partial charge >= 0.3 is 0 Å². The summed E-state index contributed by atoms with van der Waals surface area (Å²) in [5.74, 6) is 0.411. The second-order valence-electron chi connectivity index (χ2n) is 7.19. The monoisotopic (exact) mass is 383 g/mol. The van der Waals surface area contributed by atoms with Gasteiger partial charge in [-0.25, -0.2) is 0 Å². The van der Waals surface area contributed by atoms with Crippen LogP contribution in [-0.2, 0) is 4.79 Å². The predicted molar refractivity (Wildman–Crippen MR) is 110 cm³/mol. The first-order valence-electron chi connectivity index (χ1n) is 8.95. The summed E-state index contributed by atoms with van der Waals surface area (Å²) in [6, 6.07) is 12.3. The zero-order valence-electron chi connectivity index (χ0n) is 15.8. The van der Waals surface area contributed by atoms with E-state index in [4.69, 9.17) is 16.0 Å². The second-order valence-corrected chi connectivity index (χ2v) is 7.62. The van der Waals surface area contributed by atoms with Crippen LogP contribution in [0.2, 0.25) is 5.02 Å². The highest BCUT2D eigenvalue weighted by atomic mass is 35.5. The summed E-state index contributed by atoms with van der Waals surface area (Å²) in [7, 11) is 0. The summed E-state index contributed by atoms with van der Waals surface area (Å²) in [6.07, 6.45) is 0. The van der Waals surface area contributed by atoms with Crippen LogP contribution in [-0.4, -0.2) is 5.91 Å². The number of carbonyl (C=O) groups is 1. The molecule has 0 unspecified atom stereocenters. The van der Waals surface area contributed by atoms with Crippen molar-refractivity contribution in [3.8, 4) is 11.1 Å². The number of hydrogen-bond donors (Lipinski definition) is 1. The Morgan fingerprint density at radius 1 is 1.04 bits per heavy atom. The van der Waals surface area contributed by atoms with Crippen molar-refractivity contribution in [3.63, 3.8) is 0 Å². The molecule has 4 nitrogen and oxygen atoms in total. The first-order valence-corrected chi connectivity index (χ1v) is 9.33. The van der Waals surface area contributed by atoms with Gasteiger partial charge in [0.1, 0.15) is 11.3 Å². The lowest BCUT2D eigenvalue weighted by atomic mass is 9.97. The Hall–Kier alpha value is -2.59. The average Bonchev–Trinajstić information content (AvgIpc) is 2.62. The number of halogens is 1. The third-order valence-electron chi connectivity index (χ3n) is 4.37. The Kier molecular flexibility index (Phi) is 5.38. The maximum atomic E-state index is 13.2. The molecule has 0 radical (unpaired) electrons. The van der Waals surface area contributed by atoms with Crippen molar-refractivity contribution >= 4 is 34.2 Å². The quantitative estimate of drug-likeness (QED) is 0.616. The van der Waals surface area contributed by atoms with Crippen molar-refractivity contribution in [2.75, 3.05) is 5.32 Å². The maximum absolute atomic E-state index is 13.2. The Morgan fingerprint density at radius 3 is 2.30 bits per heavy atom. The summed E-state index contributed by atoms with van der Waals surface area (Å²) in [5, 5.41) is 3.93. The molecule has 1 aromatic heterocycles. The normalized spacial score (nSPS) is 11.4. The molecule has 0 aliphatic heterocycles. The number of benzene rings is 2. The predicted octanol–water partition coefficient (Wildman–Crippen LogP) is 5.83. The van der Waals surface area contributed by atoms with E-state index >= 15 is 0 Å². The fourth-order valence-electron chi connectivity index (χ4n) is 2.87. The third-order valence-corrected chi connectivity index (χ3v) is 4.62. The summed E-state index contributed by atoms with van der Waals surface area (Å²) < 4.78 is 6.12. The zero-order chi connectivity index (χ0) is 19.7. The van der Waals surface area contributed by atoms with E-state index in [0.717, 1.165) is 5.56 Å². The van der Waals surface area contributed by atoms with Gasteiger partial charge in [0.2, 0.25) is 11.3 Å². The Bertz CT molecular complexity index is 1050. The molecule has 0 saturated carbocycles. The number of nitrogens with one attached hydrogen (secondary N) is 1. The van der Waals surface area contributed by atoms with Crippen molar-refractivity contribution in [2.24, 2.45) is 5.92 Å². The van der Waals surface area contributed by atoms with E-state index in [9.17, 15) is 9.59 Å². The van der Waals surface area contributed by atoms with Gasteiger partial charge in [-0.15, -0.1) is 0 Å². The number of fused-ring (bicyclic) bond motifs is 1. The Labute approximate surface area is 163 Å². The van der Waals surface area contributed by atoms with E-state index in [0.29, 0.717) is 33.0 Å². The second kappa shape index (κ2) is 7.57. The molecule has 5 heteroatoms. The molecule has 1 N–H and O–H groups in total. The molecule has 0 bridgehead atoms. The number of anilines is 1. The minimum Gasteiger partial charge on any atom is -0.460 e. The number of carbonyl (C=O) groups excluding carboxylic acids is 1. The van der Waals surface area contributed by atoms with E-state index in [1.165, 1.54) is 0 Å². The minimum atomic E-state index is -0.133. The van der Waals surface area contributed by atoms with Gasteiger partial charge in [-0.3, -0.25) is 9.59 Å². The van der Waals surface area contributed by atoms with Gasteiger partial charge < -0.3 is 9.73 Å². The van der Waals surface area contributed by atoms with Crippen LogP contribution in [0.15, 0.2) is 51.7 Å². The van der Waals surface area contributed by atoms with Crippen LogP contribution < -0.4 is 10.7 Å².